The molecule has 0 unspecified atom stereocenters. The first-order chi connectivity index (χ1) is 12.0. The number of likely N-dealkylation sites (tertiary alicyclic amines) is 2. The van der Waals surface area contributed by atoms with Crippen LogP contribution in [0.5, 0.6) is 0 Å². The number of ether oxygens (including phenoxy) is 1. The van der Waals surface area contributed by atoms with E-state index in [1.807, 2.05) is 22.8 Å². The number of carbonyl (C=O) groups excluding carboxylic acids is 2. The van der Waals surface area contributed by atoms with Crippen molar-refractivity contribution in [2.24, 2.45) is 5.92 Å². The maximum atomic E-state index is 12.5. The zero-order valence-electron chi connectivity index (χ0n) is 14.7. The molecule has 6 heteroatoms. The lowest BCUT2D eigenvalue weighted by molar-refractivity contribution is -0.169. The molecule has 1 aromatic rings. The molecule has 0 N–H and O–H groups in total. The Labute approximate surface area is 148 Å². The van der Waals surface area contributed by atoms with Gasteiger partial charge in [-0.25, -0.2) is 0 Å². The highest BCUT2D eigenvalue weighted by atomic mass is 16.5. The second-order valence-electron chi connectivity index (χ2n) is 7.75. The van der Waals surface area contributed by atoms with Crippen LogP contribution in [0.1, 0.15) is 41.6 Å². The van der Waals surface area contributed by atoms with Gasteiger partial charge in [-0.15, -0.1) is 0 Å². The zero-order chi connectivity index (χ0) is 17.4. The van der Waals surface area contributed by atoms with Crippen LogP contribution >= 0.6 is 0 Å². The molecule has 0 radical (unpaired) electrons. The molecule has 4 heterocycles. The molecule has 3 aliphatic heterocycles. The van der Waals surface area contributed by atoms with Crippen molar-refractivity contribution in [3.05, 3.63) is 29.6 Å². The number of pyridine rings is 1. The molecule has 1 atom stereocenters. The molecule has 25 heavy (non-hydrogen) atoms. The fraction of sp³-hybridized carbons (Fsp3) is 0.632. The van der Waals surface area contributed by atoms with E-state index in [4.69, 9.17) is 4.74 Å². The number of amides is 2. The maximum absolute atomic E-state index is 12.5. The van der Waals surface area contributed by atoms with Crippen molar-refractivity contribution in [1.82, 2.24) is 14.8 Å². The normalized spacial score (nSPS) is 25.3. The van der Waals surface area contributed by atoms with Crippen LogP contribution in [0.2, 0.25) is 0 Å². The first-order valence-corrected chi connectivity index (χ1v) is 9.17. The average molecular weight is 343 g/mol. The van der Waals surface area contributed by atoms with Crippen molar-refractivity contribution in [3.63, 3.8) is 0 Å². The van der Waals surface area contributed by atoms with E-state index in [0.29, 0.717) is 37.6 Å². The second kappa shape index (κ2) is 6.41. The highest BCUT2D eigenvalue weighted by molar-refractivity contribution is 5.94. The van der Waals surface area contributed by atoms with E-state index in [0.717, 1.165) is 37.9 Å². The van der Waals surface area contributed by atoms with E-state index in [9.17, 15) is 9.59 Å². The Morgan fingerprint density at radius 3 is 2.88 bits per heavy atom. The van der Waals surface area contributed by atoms with Crippen molar-refractivity contribution < 1.29 is 14.3 Å². The first kappa shape index (κ1) is 16.5. The third kappa shape index (κ3) is 3.27. The molecule has 3 aliphatic rings. The molecular formula is C19H25N3O3. The van der Waals surface area contributed by atoms with Gasteiger partial charge in [-0.05, 0) is 37.8 Å². The number of carbonyl (C=O) groups is 2. The average Bonchev–Trinajstić information content (AvgIpc) is 2.98. The van der Waals surface area contributed by atoms with E-state index in [1.165, 1.54) is 0 Å². The number of aromatic nitrogens is 1. The fourth-order valence-corrected chi connectivity index (χ4v) is 4.17. The van der Waals surface area contributed by atoms with Gasteiger partial charge in [0.05, 0.1) is 25.3 Å². The summed E-state index contributed by atoms with van der Waals surface area (Å²) in [5.74, 6) is 0.751. The van der Waals surface area contributed by atoms with Crippen molar-refractivity contribution in [1.29, 1.82) is 0 Å². The van der Waals surface area contributed by atoms with Crippen LogP contribution in [-0.4, -0.2) is 65.0 Å². The molecule has 0 bridgehead atoms. The van der Waals surface area contributed by atoms with Gasteiger partial charge in [0, 0.05) is 37.8 Å². The van der Waals surface area contributed by atoms with Gasteiger partial charge in [-0.1, -0.05) is 0 Å². The van der Waals surface area contributed by atoms with Crippen LogP contribution in [0.4, 0.5) is 0 Å². The largest absolute Gasteiger partial charge is 0.371 e. The van der Waals surface area contributed by atoms with Crippen molar-refractivity contribution in [2.75, 3.05) is 32.8 Å². The Kier molecular flexibility index (Phi) is 4.23. The summed E-state index contributed by atoms with van der Waals surface area (Å²) in [5.41, 5.74) is 1.48. The monoisotopic (exact) mass is 343 g/mol. The predicted octanol–water partition coefficient (Wildman–Crippen LogP) is 1.63. The first-order valence-electron chi connectivity index (χ1n) is 9.17. The molecule has 4 rings (SSSR count). The number of rotatable bonds is 3. The SMILES string of the molecule is Cc1cncc(C(=O)N2CC3(CC[C@H](CN4CCCC4=O)CO3)C2)c1. The molecule has 134 valence electrons. The summed E-state index contributed by atoms with van der Waals surface area (Å²) >= 11 is 0. The van der Waals surface area contributed by atoms with Crippen LogP contribution in [-0.2, 0) is 9.53 Å². The summed E-state index contributed by atoms with van der Waals surface area (Å²) in [6.45, 7) is 5.68. The number of hydrogen-bond donors (Lipinski definition) is 0. The minimum atomic E-state index is -0.168. The third-order valence-corrected chi connectivity index (χ3v) is 5.65. The number of hydrogen-bond acceptors (Lipinski definition) is 4. The summed E-state index contributed by atoms with van der Waals surface area (Å²) in [6.07, 6.45) is 7.10. The molecule has 3 saturated heterocycles. The highest BCUT2D eigenvalue weighted by Crippen LogP contribution is 2.37. The third-order valence-electron chi connectivity index (χ3n) is 5.65. The molecular weight excluding hydrogens is 318 g/mol. The highest BCUT2D eigenvalue weighted by Gasteiger charge is 2.48. The van der Waals surface area contributed by atoms with Crippen molar-refractivity contribution in [3.8, 4) is 0 Å². The summed E-state index contributed by atoms with van der Waals surface area (Å²) in [4.78, 5) is 32.2. The van der Waals surface area contributed by atoms with E-state index in [2.05, 4.69) is 4.98 Å². The fourth-order valence-electron chi connectivity index (χ4n) is 4.17. The van der Waals surface area contributed by atoms with Gasteiger partial charge in [-0.3, -0.25) is 14.6 Å². The van der Waals surface area contributed by atoms with E-state index < -0.39 is 0 Å². The van der Waals surface area contributed by atoms with Crippen LogP contribution in [0.3, 0.4) is 0 Å². The predicted molar refractivity (Wildman–Crippen MR) is 92.1 cm³/mol. The molecule has 0 aromatic carbocycles. The standard InChI is InChI=1S/C19H25N3O3/c1-14-7-16(9-20-8-14)18(24)22-12-19(13-22)5-4-15(11-25-19)10-21-6-2-3-17(21)23/h7-9,15H,2-6,10-13H2,1H3/t15-/m1/s1. The van der Waals surface area contributed by atoms with Gasteiger partial charge in [0.15, 0.2) is 0 Å². The van der Waals surface area contributed by atoms with E-state index >= 15 is 0 Å². The lowest BCUT2D eigenvalue weighted by atomic mass is 9.82. The summed E-state index contributed by atoms with van der Waals surface area (Å²) < 4.78 is 6.15. The molecule has 2 amide bonds. The minimum Gasteiger partial charge on any atom is -0.371 e. The smallest absolute Gasteiger partial charge is 0.255 e. The molecule has 1 aromatic heterocycles. The lowest BCUT2D eigenvalue weighted by Crippen LogP contribution is -2.66. The van der Waals surface area contributed by atoms with Crippen LogP contribution in [0.15, 0.2) is 18.5 Å². The van der Waals surface area contributed by atoms with Gasteiger partial charge in [0.25, 0.3) is 5.91 Å². The molecule has 0 saturated carbocycles. The Morgan fingerprint density at radius 1 is 1.40 bits per heavy atom. The molecule has 3 fully saturated rings. The zero-order valence-corrected chi connectivity index (χ0v) is 14.7. The topological polar surface area (TPSA) is 62.7 Å². The van der Waals surface area contributed by atoms with E-state index in [1.54, 1.807) is 12.4 Å². The van der Waals surface area contributed by atoms with Gasteiger partial charge in [0.2, 0.25) is 5.91 Å². The van der Waals surface area contributed by atoms with Gasteiger partial charge in [-0.2, -0.15) is 0 Å². The summed E-state index contributed by atoms with van der Waals surface area (Å²) in [5, 5.41) is 0. The summed E-state index contributed by atoms with van der Waals surface area (Å²) in [6, 6.07) is 1.88. The maximum Gasteiger partial charge on any atom is 0.255 e. The van der Waals surface area contributed by atoms with Crippen molar-refractivity contribution in [2.45, 2.75) is 38.2 Å². The Hall–Kier alpha value is -1.95. The van der Waals surface area contributed by atoms with Crippen LogP contribution in [0.25, 0.3) is 0 Å². The number of aryl methyl sites for hydroxylation is 1. The quantitative estimate of drug-likeness (QED) is 0.837. The minimum absolute atomic E-state index is 0.0372. The summed E-state index contributed by atoms with van der Waals surface area (Å²) in [7, 11) is 0. The van der Waals surface area contributed by atoms with Crippen molar-refractivity contribution >= 4 is 11.8 Å². The Balaban J connectivity index is 1.28. The van der Waals surface area contributed by atoms with E-state index in [-0.39, 0.29) is 17.4 Å². The Bertz CT molecular complexity index is 674. The van der Waals surface area contributed by atoms with Crippen LogP contribution < -0.4 is 0 Å². The van der Waals surface area contributed by atoms with Gasteiger partial charge >= 0.3 is 0 Å². The second-order valence-corrected chi connectivity index (χ2v) is 7.75. The van der Waals surface area contributed by atoms with Gasteiger partial charge in [0.1, 0.15) is 5.60 Å². The van der Waals surface area contributed by atoms with Gasteiger partial charge < -0.3 is 14.5 Å². The van der Waals surface area contributed by atoms with Crippen LogP contribution in [0, 0.1) is 12.8 Å². The molecule has 1 spiro atoms. The Morgan fingerprint density at radius 2 is 2.24 bits per heavy atom. The number of nitrogens with zero attached hydrogens (tertiary/aromatic N) is 3. The molecule has 6 nitrogen and oxygen atoms in total. The lowest BCUT2D eigenvalue weighted by Gasteiger charge is -2.53. The molecule has 0 aliphatic carbocycles.